The lowest BCUT2D eigenvalue weighted by Gasteiger charge is -2.20. The third-order valence-electron chi connectivity index (χ3n) is 3.73. The Hall–Kier alpha value is -0.840. The Kier molecular flexibility index (Phi) is 5.24. The summed E-state index contributed by atoms with van der Waals surface area (Å²) in [6.07, 6.45) is 5.58. The van der Waals surface area contributed by atoms with E-state index in [2.05, 4.69) is 12.2 Å². The first-order chi connectivity index (χ1) is 9.44. The largest absolute Gasteiger partial charge is 0.446 e. The van der Waals surface area contributed by atoms with Gasteiger partial charge in [-0.1, -0.05) is 31.9 Å². The van der Waals surface area contributed by atoms with Crippen LogP contribution >= 0.6 is 11.8 Å². The number of alkyl halides is 3. The number of nitrogens with one attached hydrogen (secondary N) is 1. The summed E-state index contributed by atoms with van der Waals surface area (Å²) in [6.45, 7) is 2.25. The average molecular weight is 303 g/mol. The third kappa shape index (κ3) is 4.93. The molecule has 0 aromatic heterocycles. The summed E-state index contributed by atoms with van der Waals surface area (Å²) in [4.78, 5) is 0.261. The summed E-state index contributed by atoms with van der Waals surface area (Å²) in [5.74, 6) is 0.724. The molecule has 0 aliphatic heterocycles. The molecule has 1 N–H and O–H groups in total. The lowest BCUT2D eigenvalue weighted by molar-refractivity contribution is -0.0327. The standard InChI is InChI=1S/C15H20F3NS/c1-11-5-4-6-12(10-9-11)19-13-7-2-3-8-14(13)20-15(16,17)18/h2-3,7-8,11-12,19H,4-6,9-10H2,1H3. The molecule has 0 spiro atoms. The Morgan fingerprint density at radius 2 is 1.85 bits per heavy atom. The molecule has 2 rings (SSSR count). The highest BCUT2D eigenvalue weighted by Crippen LogP contribution is 2.40. The number of thioether (sulfide) groups is 1. The predicted molar refractivity (Wildman–Crippen MR) is 78.0 cm³/mol. The molecule has 112 valence electrons. The molecule has 1 nitrogen and oxygen atoms in total. The van der Waals surface area contributed by atoms with Gasteiger partial charge in [-0.25, -0.2) is 0 Å². The van der Waals surface area contributed by atoms with Gasteiger partial charge in [0, 0.05) is 16.6 Å². The lowest BCUT2D eigenvalue weighted by Crippen LogP contribution is -2.19. The van der Waals surface area contributed by atoms with Gasteiger partial charge in [-0.15, -0.1) is 0 Å². The molecule has 0 radical (unpaired) electrons. The molecule has 1 aliphatic rings. The molecule has 0 heterocycles. The van der Waals surface area contributed by atoms with Gasteiger partial charge >= 0.3 is 5.51 Å². The van der Waals surface area contributed by atoms with Crippen LogP contribution in [0, 0.1) is 5.92 Å². The second-order valence-corrected chi connectivity index (χ2v) is 6.61. The van der Waals surface area contributed by atoms with Gasteiger partial charge in [-0.3, -0.25) is 0 Å². The van der Waals surface area contributed by atoms with E-state index in [0.717, 1.165) is 31.6 Å². The van der Waals surface area contributed by atoms with Crippen LogP contribution in [0.2, 0.25) is 0 Å². The maximum atomic E-state index is 12.6. The highest BCUT2D eigenvalue weighted by Gasteiger charge is 2.30. The monoisotopic (exact) mass is 303 g/mol. The Balaban J connectivity index is 2.05. The van der Waals surface area contributed by atoms with E-state index < -0.39 is 5.51 Å². The maximum Gasteiger partial charge on any atom is 0.446 e. The van der Waals surface area contributed by atoms with Crippen molar-refractivity contribution in [3.8, 4) is 0 Å². The van der Waals surface area contributed by atoms with E-state index in [0.29, 0.717) is 5.69 Å². The summed E-state index contributed by atoms with van der Waals surface area (Å²) < 4.78 is 37.7. The molecule has 1 fully saturated rings. The van der Waals surface area contributed by atoms with E-state index in [1.807, 2.05) is 0 Å². The number of rotatable bonds is 3. The van der Waals surface area contributed by atoms with Gasteiger partial charge in [-0.05, 0) is 49.1 Å². The summed E-state index contributed by atoms with van der Waals surface area (Å²) in [5, 5.41) is 3.31. The summed E-state index contributed by atoms with van der Waals surface area (Å²) >= 11 is -0.0408. The van der Waals surface area contributed by atoms with Crippen molar-refractivity contribution in [2.24, 2.45) is 5.92 Å². The Morgan fingerprint density at radius 1 is 1.10 bits per heavy atom. The molecule has 0 bridgehead atoms. The van der Waals surface area contributed by atoms with Crippen LogP contribution < -0.4 is 5.32 Å². The van der Waals surface area contributed by atoms with Crippen molar-refractivity contribution < 1.29 is 13.2 Å². The zero-order valence-corrected chi connectivity index (χ0v) is 12.4. The van der Waals surface area contributed by atoms with Gasteiger partial charge in [-0.2, -0.15) is 13.2 Å². The van der Waals surface area contributed by atoms with Crippen LogP contribution in [-0.2, 0) is 0 Å². The van der Waals surface area contributed by atoms with E-state index in [-0.39, 0.29) is 22.7 Å². The van der Waals surface area contributed by atoms with Crippen molar-refractivity contribution in [1.82, 2.24) is 0 Å². The molecule has 1 aromatic carbocycles. The topological polar surface area (TPSA) is 12.0 Å². The molecule has 1 aliphatic carbocycles. The van der Waals surface area contributed by atoms with E-state index in [1.54, 1.807) is 18.2 Å². The van der Waals surface area contributed by atoms with E-state index in [4.69, 9.17) is 0 Å². The van der Waals surface area contributed by atoms with Crippen molar-refractivity contribution in [1.29, 1.82) is 0 Å². The fourth-order valence-corrected chi connectivity index (χ4v) is 3.28. The van der Waals surface area contributed by atoms with E-state index >= 15 is 0 Å². The SMILES string of the molecule is CC1CCCC(Nc2ccccc2SC(F)(F)F)CC1. The van der Waals surface area contributed by atoms with Crippen molar-refractivity contribution >= 4 is 17.4 Å². The summed E-state index contributed by atoms with van der Waals surface area (Å²) in [5.41, 5.74) is -3.63. The minimum atomic E-state index is -4.24. The minimum Gasteiger partial charge on any atom is -0.381 e. The lowest BCUT2D eigenvalue weighted by atomic mass is 10.0. The van der Waals surface area contributed by atoms with Gasteiger partial charge in [0.2, 0.25) is 0 Å². The van der Waals surface area contributed by atoms with E-state index in [9.17, 15) is 13.2 Å². The van der Waals surface area contributed by atoms with Crippen molar-refractivity contribution in [3.63, 3.8) is 0 Å². The van der Waals surface area contributed by atoms with Crippen LogP contribution in [0.4, 0.5) is 18.9 Å². The smallest absolute Gasteiger partial charge is 0.381 e. The zero-order valence-electron chi connectivity index (χ0n) is 11.5. The van der Waals surface area contributed by atoms with Gasteiger partial charge in [0.1, 0.15) is 0 Å². The van der Waals surface area contributed by atoms with Crippen molar-refractivity contribution in [2.75, 3.05) is 5.32 Å². The van der Waals surface area contributed by atoms with E-state index in [1.165, 1.54) is 12.5 Å². The van der Waals surface area contributed by atoms with Crippen LogP contribution in [0.3, 0.4) is 0 Å². The molecule has 1 saturated carbocycles. The molecular formula is C15H20F3NS. The van der Waals surface area contributed by atoms with Gasteiger partial charge in [0.25, 0.3) is 0 Å². The van der Waals surface area contributed by atoms with Crippen LogP contribution in [0.25, 0.3) is 0 Å². The minimum absolute atomic E-state index is 0.0408. The Morgan fingerprint density at radius 3 is 2.60 bits per heavy atom. The predicted octanol–water partition coefficient (Wildman–Crippen LogP) is 5.68. The Labute approximate surface area is 122 Å². The molecule has 0 saturated heterocycles. The molecule has 1 aromatic rings. The first-order valence-electron chi connectivity index (χ1n) is 7.05. The molecule has 2 unspecified atom stereocenters. The summed E-state index contributed by atoms with van der Waals surface area (Å²) in [7, 11) is 0. The fraction of sp³-hybridized carbons (Fsp3) is 0.600. The van der Waals surface area contributed by atoms with Crippen molar-refractivity contribution in [2.45, 2.75) is 55.5 Å². The first kappa shape index (κ1) is 15.5. The van der Waals surface area contributed by atoms with Gasteiger partial charge in [0.15, 0.2) is 0 Å². The number of benzene rings is 1. The second-order valence-electron chi connectivity index (χ2n) is 5.50. The van der Waals surface area contributed by atoms with Crippen LogP contribution in [0.5, 0.6) is 0 Å². The third-order valence-corrected chi connectivity index (χ3v) is 4.54. The zero-order chi connectivity index (χ0) is 14.6. The average Bonchev–Trinajstić information content (AvgIpc) is 2.55. The Bertz CT molecular complexity index is 433. The van der Waals surface area contributed by atoms with Crippen LogP contribution in [0.15, 0.2) is 29.2 Å². The second kappa shape index (κ2) is 6.74. The van der Waals surface area contributed by atoms with Gasteiger partial charge < -0.3 is 5.32 Å². The molecule has 2 atom stereocenters. The highest BCUT2D eigenvalue weighted by molar-refractivity contribution is 8.00. The highest BCUT2D eigenvalue weighted by atomic mass is 32.2. The molecular weight excluding hydrogens is 283 g/mol. The van der Waals surface area contributed by atoms with Crippen molar-refractivity contribution in [3.05, 3.63) is 24.3 Å². The fourth-order valence-electron chi connectivity index (χ4n) is 2.65. The maximum absolute atomic E-state index is 12.6. The summed E-state index contributed by atoms with van der Waals surface area (Å²) in [6, 6.07) is 6.98. The molecule has 20 heavy (non-hydrogen) atoms. The number of para-hydroxylation sites is 1. The number of hydrogen-bond acceptors (Lipinski definition) is 2. The van der Waals surface area contributed by atoms with Gasteiger partial charge in [0.05, 0.1) is 0 Å². The number of halogens is 3. The molecule has 0 amide bonds. The number of anilines is 1. The molecule has 5 heteroatoms. The quantitative estimate of drug-likeness (QED) is 0.569. The van der Waals surface area contributed by atoms with Crippen LogP contribution in [-0.4, -0.2) is 11.6 Å². The number of hydrogen-bond donors (Lipinski definition) is 1. The van der Waals surface area contributed by atoms with Crippen LogP contribution in [0.1, 0.15) is 39.0 Å². The normalized spacial score (nSPS) is 24.2. The first-order valence-corrected chi connectivity index (χ1v) is 7.87.